The normalized spacial score (nSPS) is 17.8. The summed E-state index contributed by atoms with van der Waals surface area (Å²) in [5.74, 6) is 0.381. The molecule has 8 heteroatoms. The molecule has 0 spiro atoms. The minimum Gasteiger partial charge on any atom is -0.459 e. The third-order valence-electron chi connectivity index (χ3n) is 7.31. The van der Waals surface area contributed by atoms with Gasteiger partial charge in [0.2, 0.25) is 11.1 Å². The van der Waals surface area contributed by atoms with Crippen LogP contribution in [0.2, 0.25) is 0 Å². The number of thioether (sulfide) groups is 1. The lowest BCUT2D eigenvalue weighted by atomic mass is 9.91. The van der Waals surface area contributed by atoms with E-state index < -0.39 is 6.04 Å². The summed E-state index contributed by atoms with van der Waals surface area (Å²) < 4.78 is 22.0. The minimum atomic E-state index is -0.510. The van der Waals surface area contributed by atoms with Crippen molar-refractivity contribution >= 4 is 34.5 Å². The van der Waals surface area contributed by atoms with Crippen LogP contribution in [0.3, 0.4) is 0 Å². The summed E-state index contributed by atoms with van der Waals surface area (Å²) in [6, 6.07) is 20.5. The number of nitrogens with zero attached hydrogens (tertiary/aromatic N) is 3. The maximum atomic E-state index is 14.2. The Kier molecular flexibility index (Phi) is 6.89. The number of hydrogen-bond acceptors (Lipinski definition) is 6. The molecular formula is C30H29FN4O2S. The van der Waals surface area contributed by atoms with Crippen molar-refractivity contribution in [3.63, 3.8) is 0 Å². The summed E-state index contributed by atoms with van der Waals surface area (Å²) >= 11 is 1.36. The zero-order valence-corrected chi connectivity index (χ0v) is 22.0. The predicted octanol–water partition coefficient (Wildman–Crippen LogP) is 7.03. The molecule has 1 aromatic heterocycles. The molecule has 0 radical (unpaired) electrons. The molecule has 6 nitrogen and oxygen atoms in total. The average molecular weight is 529 g/mol. The smallest absolute Gasteiger partial charge is 0.338 e. The molecule has 1 N–H and O–H groups in total. The van der Waals surface area contributed by atoms with E-state index in [1.165, 1.54) is 24.2 Å². The maximum absolute atomic E-state index is 14.2. The third-order valence-corrected chi connectivity index (χ3v) is 8.20. The lowest BCUT2D eigenvalue weighted by Crippen LogP contribution is -2.32. The van der Waals surface area contributed by atoms with Crippen LogP contribution in [0, 0.1) is 5.82 Å². The molecule has 1 saturated carbocycles. The number of anilines is 1. The zero-order chi connectivity index (χ0) is 26.1. The number of halogens is 1. The number of benzene rings is 3. The number of ether oxygens (including phenoxy) is 1. The van der Waals surface area contributed by atoms with Crippen LogP contribution in [0.1, 0.15) is 56.2 Å². The van der Waals surface area contributed by atoms with Crippen molar-refractivity contribution in [2.45, 2.75) is 62.1 Å². The first-order chi connectivity index (χ1) is 18.6. The van der Waals surface area contributed by atoms with E-state index >= 15 is 0 Å². The molecule has 1 atom stereocenters. The van der Waals surface area contributed by atoms with Crippen LogP contribution < -0.4 is 5.32 Å². The Labute approximate surface area is 225 Å². The van der Waals surface area contributed by atoms with Crippen molar-refractivity contribution in [2.75, 3.05) is 5.32 Å². The highest BCUT2D eigenvalue weighted by molar-refractivity contribution is 7.98. The molecule has 6 rings (SSSR count). The molecular weight excluding hydrogens is 499 g/mol. The van der Waals surface area contributed by atoms with Gasteiger partial charge in [-0.25, -0.2) is 13.9 Å². The highest BCUT2D eigenvalue weighted by Crippen LogP contribution is 2.40. The largest absolute Gasteiger partial charge is 0.459 e. The van der Waals surface area contributed by atoms with Gasteiger partial charge in [0.25, 0.3) is 0 Å². The van der Waals surface area contributed by atoms with Gasteiger partial charge in [0, 0.05) is 11.4 Å². The Bertz CT molecular complexity index is 1520. The molecule has 0 saturated heterocycles. The molecule has 1 unspecified atom stereocenters. The first kappa shape index (κ1) is 24.7. The first-order valence-corrected chi connectivity index (χ1v) is 14.1. The molecule has 1 aliphatic carbocycles. The van der Waals surface area contributed by atoms with Gasteiger partial charge in [-0.15, -0.1) is 5.10 Å². The second kappa shape index (κ2) is 10.6. The maximum Gasteiger partial charge on any atom is 0.338 e. The number of aromatic nitrogens is 3. The number of fused-ring (bicyclic) bond motifs is 2. The standard InChI is InChI=1S/C30H29FN4O2S/c1-19-26(28(36)37-22-13-3-2-4-14-22)27(24-16-9-12-20-10-5-7-15-23(20)24)35-29(32-19)33-30(34-35)38-18-21-11-6-8-17-25(21)31/h5-12,15-17,22,27H,2-4,13-14,18H2,1H3,(H,32,33,34). The number of hydrogen-bond donors (Lipinski definition) is 1. The molecule has 2 aliphatic rings. The van der Waals surface area contributed by atoms with Crippen molar-refractivity contribution in [3.8, 4) is 0 Å². The molecule has 38 heavy (non-hydrogen) atoms. The van der Waals surface area contributed by atoms with E-state index in [4.69, 9.17) is 14.8 Å². The Hall–Kier alpha value is -3.65. The average Bonchev–Trinajstić information content (AvgIpc) is 3.34. The Morgan fingerprint density at radius 2 is 1.82 bits per heavy atom. The number of carbonyl (C=O) groups is 1. The number of carbonyl (C=O) groups excluding carboxylic acids is 1. The Morgan fingerprint density at radius 3 is 2.66 bits per heavy atom. The van der Waals surface area contributed by atoms with E-state index in [9.17, 15) is 9.18 Å². The zero-order valence-electron chi connectivity index (χ0n) is 21.2. The second-order valence-electron chi connectivity index (χ2n) is 9.84. The fraction of sp³-hybridized carbons (Fsp3) is 0.300. The van der Waals surface area contributed by atoms with Crippen LogP contribution in [0.4, 0.5) is 10.3 Å². The van der Waals surface area contributed by atoms with Crippen LogP contribution in [-0.4, -0.2) is 26.8 Å². The lowest BCUT2D eigenvalue weighted by Gasteiger charge is -2.30. The Morgan fingerprint density at radius 1 is 1.05 bits per heavy atom. The van der Waals surface area contributed by atoms with Gasteiger partial charge in [-0.05, 0) is 60.6 Å². The topological polar surface area (TPSA) is 69.0 Å². The van der Waals surface area contributed by atoms with Crippen LogP contribution in [0.15, 0.2) is 83.2 Å². The minimum absolute atomic E-state index is 0.0613. The van der Waals surface area contributed by atoms with Gasteiger partial charge >= 0.3 is 5.97 Å². The predicted molar refractivity (Wildman–Crippen MR) is 147 cm³/mol. The fourth-order valence-electron chi connectivity index (χ4n) is 5.39. The molecule has 1 fully saturated rings. The highest BCUT2D eigenvalue weighted by Gasteiger charge is 2.37. The van der Waals surface area contributed by atoms with Gasteiger partial charge in [0.1, 0.15) is 18.0 Å². The van der Waals surface area contributed by atoms with E-state index in [1.54, 1.807) is 16.8 Å². The molecule has 194 valence electrons. The second-order valence-corrected chi connectivity index (χ2v) is 10.8. The van der Waals surface area contributed by atoms with Crippen LogP contribution in [0.5, 0.6) is 0 Å². The molecule has 3 aromatic carbocycles. The SMILES string of the molecule is CC1=C(C(=O)OC2CCCCC2)C(c2cccc3ccccc23)n2nc(SCc3ccccc3F)nc2N1. The fourth-order valence-corrected chi connectivity index (χ4v) is 6.20. The van der Waals surface area contributed by atoms with Crippen molar-refractivity contribution < 1.29 is 13.9 Å². The monoisotopic (exact) mass is 528 g/mol. The quantitative estimate of drug-likeness (QED) is 0.214. The van der Waals surface area contributed by atoms with Gasteiger partial charge in [0.15, 0.2) is 0 Å². The summed E-state index contributed by atoms with van der Waals surface area (Å²) in [6.07, 6.45) is 5.08. The first-order valence-electron chi connectivity index (χ1n) is 13.1. The van der Waals surface area contributed by atoms with E-state index in [2.05, 4.69) is 23.5 Å². The highest BCUT2D eigenvalue weighted by atomic mass is 32.2. The number of allylic oxidation sites excluding steroid dienone is 1. The molecule has 4 aromatic rings. The van der Waals surface area contributed by atoms with Gasteiger partial charge in [-0.1, -0.05) is 78.8 Å². The number of nitrogens with one attached hydrogen (secondary N) is 1. The van der Waals surface area contributed by atoms with Crippen molar-refractivity contribution in [3.05, 3.63) is 94.9 Å². The lowest BCUT2D eigenvalue weighted by molar-refractivity contribution is -0.146. The number of esters is 1. The third kappa shape index (κ3) is 4.80. The van der Waals surface area contributed by atoms with Gasteiger partial charge in [-0.2, -0.15) is 4.98 Å². The van der Waals surface area contributed by atoms with E-state index in [-0.39, 0.29) is 17.9 Å². The molecule has 0 bridgehead atoms. The van der Waals surface area contributed by atoms with E-state index in [0.717, 1.165) is 42.0 Å². The summed E-state index contributed by atoms with van der Waals surface area (Å²) in [6.45, 7) is 1.89. The van der Waals surface area contributed by atoms with E-state index in [0.29, 0.717) is 33.7 Å². The van der Waals surface area contributed by atoms with Crippen molar-refractivity contribution in [1.82, 2.24) is 14.8 Å². The molecule has 0 amide bonds. The molecule has 1 aliphatic heterocycles. The Balaban J connectivity index is 1.39. The summed E-state index contributed by atoms with van der Waals surface area (Å²) in [5.41, 5.74) is 2.79. The summed E-state index contributed by atoms with van der Waals surface area (Å²) in [5, 5.41) is 10.7. The van der Waals surface area contributed by atoms with Crippen LogP contribution in [0.25, 0.3) is 10.8 Å². The van der Waals surface area contributed by atoms with Crippen LogP contribution >= 0.6 is 11.8 Å². The summed E-state index contributed by atoms with van der Waals surface area (Å²) in [7, 11) is 0. The van der Waals surface area contributed by atoms with Gasteiger partial charge in [-0.3, -0.25) is 0 Å². The van der Waals surface area contributed by atoms with Gasteiger partial charge < -0.3 is 10.1 Å². The van der Waals surface area contributed by atoms with Gasteiger partial charge in [0.05, 0.1) is 5.57 Å². The molecule has 2 heterocycles. The van der Waals surface area contributed by atoms with Crippen molar-refractivity contribution in [2.24, 2.45) is 0 Å². The van der Waals surface area contributed by atoms with Crippen LogP contribution in [-0.2, 0) is 15.3 Å². The van der Waals surface area contributed by atoms with E-state index in [1.807, 2.05) is 37.3 Å². The number of rotatable bonds is 6. The summed E-state index contributed by atoms with van der Waals surface area (Å²) in [4.78, 5) is 18.4. The van der Waals surface area contributed by atoms with Crippen molar-refractivity contribution in [1.29, 1.82) is 0 Å².